The van der Waals surface area contributed by atoms with Crippen LogP contribution < -0.4 is 11.5 Å². The molecule has 7 nitrogen and oxygen atoms in total. The van der Waals surface area contributed by atoms with Crippen LogP contribution in [0.4, 0.5) is 0 Å². The Morgan fingerprint density at radius 1 is 0.875 bits per heavy atom. The topological polar surface area (TPSA) is 144 Å². The largest absolute Gasteiger partial charge is 0.481 e. The Labute approximate surface area is 92.4 Å². The average Bonchev–Trinajstić information content (AvgIpc) is 2.21. The minimum Gasteiger partial charge on any atom is -0.481 e. The summed E-state index contributed by atoms with van der Waals surface area (Å²) < 4.78 is 0. The molecule has 2 atom stereocenters. The van der Waals surface area contributed by atoms with Crippen LogP contribution in [0.3, 0.4) is 0 Å². The Hall–Kier alpha value is -1.47. The van der Waals surface area contributed by atoms with E-state index >= 15 is 0 Å². The van der Waals surface area contributed by atoms with Crippen molar-refractivity contribution in [1.82, 2.24) is 0 Å². The molecule has 7 heteroatoms. The van der Waals surface area contributed by atoms with Crippen molar-refractivity contribution in [2.75, 3.05) is 0 Å². The second-order valence-electron chi connectivity index (χ2n) is 3.48. The van der Waals surface area contributed by atoms with E-state index in [0.29, 0.717) is 0 Å². The third kappa shape index (κ3) is 6.10. The Balaban J connectivity index is 4.00. The number of carboxylic acids is 2. The monoisotopic (exact) mass is 232 g/mol. The first-order valence-corrected chi connectivity index (χ1v) is 4.83. The predicted molar refractivity (Wildman–Crippen MR) is 54.7 cm³/mol. The lowest BCUT2D eigenvalue weighted by molar-refractivity contribution is -0.138. The van der Waals surface area contributed by atoms with Crippen molar-refractivity contribution in [3.05, 3.63) is 0 Å². The summed E-state index contributed by atoms with van der Waals surface area (Å²) in [5.41, 5.74) is 10.9. The molecule has 0 saturated heterocycles. The Morgan fingerprint density at radius 3 is 1.44 bits per heavy atom. The maximum Gasteiger partial charge on any atom is 0.303 e. The van der Waals surface area contributed by atoms with Crippen LogP contribution in [0.1, 0.15) is 25.7 Å². The number of Topliss-reactive ketones (excluding diaryl/α,β-unsaturated/α-hetero) is 1. The van der Waals surface area contributed by atoms with Crippen LogP contribution >= 0.6 is 0 Å². The van der Waals surface area contributed by atoms with Crippen LogP contribution in [0.2, 0.25) is 0 Å². The Kier molecular flexibility index (Phi) is 6.28. The van der Waals surface area contributed by atoms with Gasteiger partial charge in [-0.3, -0.25) is 14.4 Å². The van der Waals surface area contributed by atoms with Crippen LogP contribution in [0.5, 0.6) is 0 Å². The summed E-state index contributed by atoms with van der Waals surface area (Å²) in [6, 6.07) is -1.89. The molecule has 0 aromatic carbocycles. The van der Waals surface area contributed by atoms with Gasteiger partial charge in [0.25, 0.3) is 0 Å². The number of carbonyl (C=O) groups is 3. The zero-order valence-corrected chi connectivity index (χ0v) is 8.76. The van der Waals surface area contributed by atoms with Crippen molar-refractivity contribution < 1.29 is 24.6 Å². The average molecular weight is 232 g/mol. The maximum absolute atomic E-state index is 11.4. The van der Waals surface area contributed by atoms with E-state index < -0.39 is 29.8 Å². The highest BCUT2D eigenvalue weighted by atomic mass is 16.4. The molecule has 92 valence electrons. The molecule has 0 bridgehead atoms. The van der Waals surface area contributed by atoms with Crippen molar-refractivity contribution in [2.24, 2.45) is 11.5 Å². The standard InChI is InChI=1S/C9H16N2O5/c10-5(1-3-7(12)13)9(16)6(11)2-4-8(14)15/h5-6H,1-4,10-11H2,(H,12,13)(H,14,15). The van der Waals surface area contributed by atoms with E-state index in [1.54, 1.807) is 0 Å². The maximum atomic E-state index is 11.4. The van der Waals surface area contributed by atoms with Gasteiger partial charge in [-0.15, -0.1) is 0 Å². The van der Waals surface area contributed by atoms with Crippen molar-refractivity contribution in [2.45, 2.75) is 37.8 Å². The van der Waals surface area contributed by atoms with Gasteiger partial charge in [0, 0.05) is 12.8 Å². The molecule has 0 aromatic rings. The molecule has 0 spiro atoms. The number of hydrogen-bond acceptors (Lipinski definition) is 5. The second kappa shape index (κ2) is 6.91. The lowest BCUT2D eigenvalue weighted by Crippen LogP contribution is -2.43. The summed E-state index contributed by atoms with van der Waals surface area (Å²) in [4.78, 5) is 31.9. The minimum atomic E-state index is -1.04. The quantitative estimate of drug-likeness (QED) is 0.417. The van der Waals surface area contributed by atoms with E-state index in [1.807, 2.05) is 0 Å². The van der Waals surface area contributed by atoms with Crippen LogP contribution in [0.25, 0.3) is 0 Å². The first-order chi connectivity index (χ1) is 7.34. The van der Waals surface area contributed by atoms with Crippen LogP contribution in [0.15, 0.2) is 0 Å². The minimum absolute atomic E-state index is 0.00887. The second-order valence-corrected chi connectivity index (χ2v) is 3.48. The van der Waals surface area contributed by atoms with Gasteiger partial charge in [-0.25, -0.2) is 0 Å². The normalized spacial score (nSPS) is 14.1. The zero-order valence-electron chi connectivity index (χ0n) is 8.76. The molecule has 2 unspecified atom stereocenters. The van der Waals surface area contributed by atoms with Gasteiger partial charge >= 0.3 is 11.9 Å². The first kappa shape index (κ1) is 14.5. The highest BCUT2D eigenvalue weighted by Gasteiger charge is 2.21. The van der Waals surface area contributed by atoms with E-state index in [9.17, 15) is 14.4 Å². The third-order valence-electron chi connectivity index (χ3n) is 2.07. The summed E-state index contributed by atoms with van der Waals surface area (Å²) >= 11 is 0. The van der Waals surface area contributed by atoms with E-state index in [4.69, 9.17) is 21.7 Å². The number of aliphatic carboxylic acids is 2. The van der Waals surface area contributed by atoms with E-state index in [1.165, 1.54) is 0 Å². The summed E-state index contributed by atoms with van der Waals surface area (Å²) in [6.07, 6.45) is -0.402. The Morgan fingerprint density at radius 2 is 1.19 bits per heavy atom. The number of rotatable bonds is 8. The van der Waals surface area contributed by atoms with Gasteiger partial charge < -0.3 is 21.7 Å². The molecule has 0 heterocycles. The Bertz CT molecular complexity index is 253. The number of carbonyl (C=O) groups excluding carboxylic acids is 1. The molecular weight excluding hydrogens is 216 g/mol. The predicted octanol–water partition coefficient (Wildman–Crippen LogP) is -1.06. The summed E-state index contributed by atoms with van der Waals surface area (Å²) in [5.74, 6) is -2.58. The molecule has 0 aliphatic rings. The number of carboxylic acid groups (broad SMARTS) is 2. The van der Waals surface area contributed by atoms with Crippen LogP contribution in [-0.2, 0) is 14.4 Å². The number of nitrogens with two attached hydrogens (primary N) is 2. The van der Waals surface area contributed by atoms with Gasteiger partial charge in [0.1, 0.15) is 0 Å². The zero-order chi connectivity index (χ0) is 12.7. The van der Waals surface area contributed by atoms with Crippen molar-refractivity contribution in [3.8, 4) is 0 Å². The molecule has 0 radical (unpaired) electrons. The molecule has 0 amide bonds. The van der Waals surface area contributed by atoms with Gasteiger partial charge in [-0.1, -0.05) is 0 Å². The third-order valence-corrected chi connectivity index (χ3v) is 2.07. The smallest absolute Gasteiger partial charge is 0.303 e. The van der Waals surface area contributed by atoms with E-state index in [0.717, 1.165) is 0 Å². The van der Waals surface area contributed by atoms with Gasteiger partial charge in [-0.2, -0.15) is 0 Å². The molecule has 16 heavy (non-hydrogen) atoms. The van der Waals surface area contributed by atoms with Crippen LogP contribution in [-0.4, -0.2) is 40.0 Å². The van der Waals surface area contributed by atoms with Crippen LogP contribution in [0, 0.1) is 0 Å². The highest BCUT2D eigenvalue weighted by molar-refractivity contribution is 5.89. The first-order valence-electron chi connectivity index (χ1n) is 4.83. The lowest BCUT2D eigenvalue weighted by Gasteiger charge is -2.14. The van der Waals surface area contributed by atoms with Gasteiger partial charge in [0.15, 0.2) is 5.78 Å². The van der Waals surface area contributed by atoms with Gasteiger partial charge in [0.2, 0.25) is 0 Å². The van der Waals surface area contributed by atoms with Gasteiger partial charge in [0.05, 0.1) is 12.1 Å². The molecular formula is C9H16N2O5. The van der Waals surface area contributed by atoms with E-state index in [-0.39, 0.29) is 25.7 Å². The summed E-state index contributed by atoms with van der Waals surface area (Å²) in [6.45, 7) is 0. The molecule has 6 N–H and O–H groups in total. The van der Waals surface area contributed by atoms with Crippen molar-refractivity contribution in [3.63, 3.8) is 0 Å². The molecule has 0 aliphatic carbocycles. The fourth-order valence-electron chi connectivity index (χ4n) is 1.12. The van der Waals surface area contributed by atoms with Crippen molar-refractivity contribution >= 4 is 17.7 Å². The summed E-state index contributed by atoms with van der Waals surface area (Å²) in [5, 5.41) is 16.8. The SMILES string of the molecule is NC(CCC(=O)O)C(=O)C(N)CCC(=O)O. The van der Waals surface area contributed by atoms with E-state index in [2.05, 4.69) is 0 Å². The number of hydrogen-bond donors (Lipinski definition) is 4. The molecule has 0 saturated carbocycles. The fourth-order valence-corrected chi connectivity index (χ4v) is 1.12. The molecule has 0 fully saturated rings. The number of ketones is 1. The van der Waals surface area contributed by atoms with Crippen molar-refractivity contribution in [1.29, 1.82) is 0 Å². The molecule has 0 rings (SSSR count). The summed E-state index contributed by atoms with van der Waals surface area (Å²) in [7, 11) is 0. The molecule has 0 aliphatic heterocycles. The molecule has 0 aromatic heterocycles. The fraction of sp³-hybridized carbons (Fsp3) is 0.667. The van der Waals surface area contributed by atoms with Gasteiger partial charge in [-0.05, 0) is 12.8 Å². The lowest BCUT2D eigenvalue weighted by atomic mass is 9.99. The highest BCUT2D eigenvalue weighted by Crippen LogP contribution is 2.03.